The van der Waals surface area contributed by atoms with E-state index in [0.29, 0.717) is 24.5 Å². The highest BCUT2D eigenvalue weighted by molar-refractivity contribution is 7.92. The zero-order valence-electron chi connectivity index (χ0n) is 24.5. The summed E-state index contributed by atoms with van der Waals surface area (Å²) in [5, 5.41) is 2.89. The molecule has 0 aliphatic carbocycles. The Kier molecular flexibility index (Phi) is 11.3. The lowest BCUT2D eigenvalue weighted by Gasteiger charge is -2.32. The first-order chi connectivity index (χ1) is 20.0. The van der Waals surface area contributed by atoms with Crippen molar-refractivity contribution in [3.05, 3.63) is 84.2 Å². The van der Waals surface area contributed by atoms with Crippen molar-refractivity contribution in [2.24, 2.45) is 0 Å². The molecule has 0 fully saturated rings. The van der Waals surface area contributed by atoms with Gasteiger partial charge in [0.1, 0.15) is 29.9 Å². The SMILES string of the molecule is CCOc1ccc(S(=O)(=O)N(CC(=O)N(Cc2ccc(OC)cc2)[C@H](C)C(=O)N[C@@H](C)CC)c2ccc(F)cc2)cc1. The van der Waals surface area contributed by atoms with Crippen LogP contribution in [0.1, 0.15) is 39.7 Å². The number of halogens is 1. The van der Waals surface area contributed by atoms with Crippen molar-refractivity contribution in [3.63, 3.8) is 0 Å². The summed E-state index contributed by atoms with van der Waals surface area (Å²) in [6.07, 6.45) is 0.698. The van der Waals surface area contributed by atoms with Crippen LogP contribution in [0.3, 0.4) is 0 Å². The highest BCUT2D eigenvalue weighted by Gasteiger charge is 2.33. The summed E-state index contributed by atoms with van der Waals surface area (Å²) in [5.41, 5.74) is 0.815. The van der Waals surface area contributed by atoms with E-state index in [9.17, 15) is 22.4 Å². The van der Waals surface area contributed by atoms with Crippen LogP contribution in [0.2, 0.25) is 0 Å². The molecule has 9 nitrogen and oxygen atoms in total. The second-order valence-electron chi connectivity index (χ2n) is 9.76. The maximum Gasteiger partial charge on any atom is 0.264 e. The van der Waals surface area contributed by atoms with Gasteiger partial charge < -0.3 is 19.7 Å². The Morgan fingerprint density at radius 1 is 0.905 bits per heavy atom. The van der Waals surface area contributed by atoms with Crippen molar-refractivity contribution < 1.29 is 31.9 Å². The first-order valence-electron chi connectivity index (χ1n) is 13.7. The van der Waals surface area contributed by atoms with Gasteiger partial charge in [0.25, 0.3) is 10.0 Å². The zero-order chi connectivity index (χ0) is 30.9. The zero-order valence-corrected chi connectivity index (χ0v) is 25.4. The summed E-state index contributed by atoms with van der Waals surface area (Å²) in [5.74, 6) is -0.416. The number of anilines is 1. The highest BCUT2D eigenvalue weighted by Crippen LogP contribution is 2.26. The van der Waals surface area contributed by atoms with E-state index >= 15 is 0 Å². The van der Waals surface area contributed by atoms with E-state index in [4.69, 9.17) is 9.47 Å². The lowest BCUT2D eigenvalue weighted by Crippen LogP contribution is -2.52. The topological polar surface area (TPSA) is 105 Å². The van der Waals surface area contributed by atoms with E-state index in [1.807, 2.05) is 20.8 Å². The number of rotatable bonds is 14. The van der Waals surface area contributed by atoms with Crippen molar-refractivity contribution >= 4 is 27.5 Å². The molecule has 0 saturated heterocycles. The summed E-state index contributed by atoms with van der Waals surface area (Å²) in [4.78, 5) is 28.4. The Labute approximate surface area is 247 Å². The van der Waals surface area contributed by atoms with E-state index in [1.165, 1.54) is 41.3 Å². The molecule has 3 aromatic rings. The minimum atomic E-state index is -4.29. The number of methoxy groups -OCH3 is 1. The van der Waals surface area contributed by atoms with Crippen LogP contribution in [0.5, 0.6) is 11.5 Å². The van der Waals surface area contributed by atoms with Gasteiger partial charge in [-0.3, -0.25) is 13.9 Å². The van der Waals surface area contributed by atoms with E-state index < -0.39 is 34.3 Å². The molecular formula is C31H38FN3O6S. The third-order valence-electron chi connectivity index (χ3n) is 6.80. The summed E-state index contributed by atoms with van der Waals surface area (Å²) in [6, 6.07) is 16.6. The van der Waals surface area contributed by atoms with Crippen LogP contribution in [0.25, 0.3) is 0 Å². The molecule has 3 rings (SSSR count). The fourth-order valence-electron chi connectivity index (χ4n) is 4.11. The largest absolute Gasteiger partial charge is 0.497 e. The van der Waals surface area contributed by atoms with Crippen molar-refractivity contribution in [2.75, 3.05) is 24.6 Å². The number of carbonyl (C=O) groups excluding carboxylic acids is 2. The quantitative estimate of drug-likeness (QED) is 0.287. The molecular weight excluding hydrogens is 561 g/mol. The Morgan fingerprint density at radius 2 is 1.50 bits per heavy atom. The lowest BCUT2D eigenvalue weighted by molar-refractivity contribution is -0.139. The number of ether oxygens (including phenoxy) is 2. The van der Waals surface area contributed by atoms with Crippen LogP contribution in [0.4, 0.5) is 10.1 Å². The summed E-state index contributed by atoms with van der Waals surface area (Å²) in [6.45, 7) is 7.03. The number of nitrogens with zero attached hydrogens (tertiary/aromatic N) is 2. The van der Waals surface area contributed by atoms with Gasteiger partial charge in [0.15, 0.2) is 0 Å². The van der Waals surface area contributed by atoms with Gasteiger partial charge in [-0.05, 0) is 93.4 Å². The van der Waals surface area contributed by atoms with Crippen LogP contribution in [-0.2, 0) is 26.2 Å². The van der Waals surface area contributed by atoms with Crippen LogP contribution in [0.15, 0.2) is 77.7 Å². The van der Waals surface area contributed by atoms with Gasteiger partial charge in [0.05, 0.1) is 24.3 Å². The molecule has 0 aliphatic rings. The minimum absolute atomic E-state index is 0.0400. The molecule has 3 aromatic carbocycles. The molecule has 0 aromatic heterocycles. The van der Waals surface area contributed by atoms with E-state index in [2.05, 4.69) is 5.32 Å². The summed E-state index contributed by atoms with van der Waals surface area (Å²) in [7, 11) is -2.74. The van der Waals surface area contributed by atoms with Crippen LogP contribution in [-0.4, -0.2) is 57.5 Å². The third-order valence-corrected chi connectivity index (χ3v) is 8.58. The lowest BCUT2D eigenvalue weighted by atomic mass is 10.1. The van der Waals surface area contributed by atoms with Gasteiger partial charge in [0.2, 0.25) is 11.8 Å². The summed E-state index contributed by atoms with van der Waals surface area (Å²) >= 11 is 0. The van der Waals surface area contributed by atoms with Crippen LogP contribution < -0.4 is 19.1 Å². The Morgan fingerprint density at radius 3 is 2.05 bits per heavy atom. The Hall–Kier alpha value is -4.12. The van der Waals surface area contributed by atoms with E-state index in [-0.39, 0.29) is 29.1 Å². The molecule has 0 spiro atoms. The Bertz CT molecular complexity index is 1430. The van der Waals surface area contributed by atoms with Gasteiger partial charge in [0, 0.05) is 12.6 Å². The van der Waals surface area contributed by atoms with Crippen LogP contribution in [0, 0.1) is 5.82 Å². The number of hydrogen-bond acceptors (Lipinski definition) is 6. The van der Waals surface area contributed by atoms with Crippen molar-refractivity contribution in [1.82, 2.24) is 10.2 Å². The van der Waals surface area contributed by atoms with Gasteiger partial charge in [-0.25, -0.2) is 12.8 Å². The maximum atomic E-state index is 14.0. The molecule has 0 aliphatic heterocycles. The van der Waals surface area contributed by atoms with Crippen LogP contribution >= 0.6 is 0 Å². The molecule has 2 amide bonds. The van der Waals surface area contributed by atoms with Gasteiger partial charge in [-0.1, -0.05) is 19.1 Å². The second-order valence-corrected chi connectivity index (χ2v) is 11.6. The molecule has 0 bridgehead atoms. The number of amides is 2. The van der Waals surface area contributed by atoms with Crippen molar-refractivity contribution in [2.45, 2.75) is 57.6 Å². The van der Waals surface area contributed by atoms with E-state index in [0.717, 1.165) is 22.0 Å². The maximum absolute atomic E-state index is 14.0. The molecule has 2 atom stereocenters. The number of carbonyl (C=O) groups is 2. The molecule has 0 heterocycles. The second kappa shape index (κ2) is 14.7. The number of nitrogens with one attached hydrogen (secondary N) is 1. The van der Waals surface area contributed by atoms with E-state index in [1.54, 1.807) is 38.3 Å². The standard InChI is InChI=1S/C31H38FN3O6S/c1-6-22(3)33-31(37)23(4)34(20-24-8-14-27(40-5)15-9-24)30(36)21-35(26-12-10-25(32)11-13-26)42(38,39)29-18-16-28(17-19-29)41-7-2/h8-19,22-23H,6-7,20-21H2,1-5H3,(H,33,37)/t22-,23+/m0/s1. The highest BCUT2D eigenvalue weighted by atomic mass is 32.2. The molecule has 226 valence electrons. The van der Waals surface area contributed by atoms with Gasteiger partial charge in [-0.15, -0.1) is 0 Å². The monoisotopic (exact) mass is 599 g/mol. The number of sulfonamides is 1. The molecule has 42 heavy (non-hydrogen) atoms. The fraction of sp³-hybridized carbons (Fsp3) is 0.355. The first-order valence-corrected chi connectivity index (χ1v) is 15.2. The predicted molar refractivity (Wildman–Crippen MR) is 159 cm³/mol. The normalized spacial score (nSPS) is 12.6. The minimum Gasteiger partial charge on any atom is -0.497 e. The van der Waals surface area contributed by atoms with Crippen molar-refractivity contribution in [3.8, 4) is 11.5 Å². The number of benzene rings is 3. The molecule has 0 unspecified atom stereocenters. The average molecular weight is 600 g/mol. The van der Waals surface area contributed by atoms with Gasteiger partial charge >= 0.3 is 0 Å². The molecule has 0 saturated carbocycles. The van der Waals surface area contributed by atoms with Gasteiger partial charge in [-0.2, -0.15) is 0 Å². The molecule has 0 radical (unpaired) electrons. The third kappa shape index (κ3) is 8.22. The van der Waals surface area contributed by atoms with Crippen molar-refractivity contribution in [1.29, 1.82) is 0 Å². The first kappa shape index (κ1) is 32.4. The smallest absolute Gasteiger partial charge is 0.264 e. The number of hydrogen-bond donors (Lipinski definition) is 1. The predicted octanol–water partition coefficient (Wildman–Crippen LogP) is 4.76. The Balaban J connectivity index is 2.01. The molecule has 11 heteroatoms. The molecule has 1 N–H and O–H groups in total. The summed E-state index contributed by atoms with van der Waals surface area (Å²) < 4.78 is 53.1. The fourth-order valence-corrected chi connectivity index (χ4v) is 5.53. The average Bonchev–Trinajstić information content (AvgIpc) is 2.99.